The van der Waals surface area contributed by atoms with Crippen molar-refractivity contribution >= 4 is 17.5 Å². The van der Waals surface area contributed by atoms with Gasteiger partial charge in [0.2, 0.25) is 0 Å². The summed E-state index contributed by atoms with van der Waals surface area (Å²) in [5, 5.41) is 10.3. The van der Waals surface area contributed by atoms with E-state index < -0.39 is 0 Å². The quantitative estimate of drug-likeness (QED) is 0.932. The van der Waals surface area contributed by atoms with Crippen LogP contribution in [0, 0.1) is 5.92 Å². The molecule has 0 unspecified atom stereocenters. The third-order valence-electron chi connectivity index (χ3n) is 3.47. The Balaban J connectivity index is 1.98. The molecule has 0 aromatic heterocycles. The average Bonchev–Trinajstić information content (AvgIpc) is 2.38. The van der Waals surface area contributed by atoms with Gasteiger partial charge in [0, 0.05) is 37.7 Å². The number of aromatic hydroxyl groups is 1. The summed E-state index contributed by atoms with van der Waals surface area (Å²) >= 11 is 5.78. The monoisotopic (exact) mass is 296 g/mol. The zero-order chi connectivity index (χ0) is 14.7. The molecule has 110 valence electrons. The number of benzene rings is 1. The van der Waals surface area contributed by atoms with E-state index in [1.165, 1.54) is 6.07 Å². The Morgan fingerprint density at radius 2 is 1.95 bits per heavy atom. The van der Waals surface area contributed by atoms with Crippen LogP contribution in [0.25, 0.3) is 0 Å². The average molecular weight is 297 g/mol. The predicted molar refractivity (Wildman–Crippen MR) is 80.3 cm³/mol. The number of hydrogen-bond acceptors (Lipinski definition) is 3. The minimum absolute atomic E-state index is 0.0490. The number of amides is 1. The second kappa shape index (κ2) is 6.46. The molecule has 1 aliphatic rings. The number of phenols is 1. The number of nitrogens with zero attached hydrogens (tertiary/aromatic N) is 2. The summed E-state index contributed by atoms with van der Waals surface area (Å²) in [6.07, 6.45) is 0. The fourth-order valence-corrected chi connectivity index (χ4v) is 2.67. The summed E-state index contributed by atoms with van der Waals surface area (Å²) in [6.45, 7) is 8.64. The Hall–Kier alpha value is -1.26. The molecule has 1 aromatic rings. The van der Waals surface area contributed by atoms with Crippen LogP contribution in [0.2, 0.25) is 5.02 Å². The van der Waals surface area contributed by atoms with Crippen molar-refractivity contribution in [1.82, 2.24) is 9.80 Å². The molecule has 1 heterocycles. The topological polar surface area (TPSA) is 43.8 Å². The Labute approximate surface area is 124 Å². The van der Waals surface area contributed by atoms with Crippen LogP contribution in [-0.4, -0.2) is 53.5 Å². The van der Waals surface area contributed by atoms with Gasteiger partial charge < -0.3 is 10.0 Å². The highest BCUT2D eigenvalue weighted by Gasteiger charge is 2.24. The van der Waals surface area contributed by atoms with E-state index in [0.29, 0.717) is 29.6 Å². The number of hydrogen-bond donors (Lipinski definition) is 1. The summed E-state index contributed by atoms with van der Waals surface area (Å²) in [7, 11) is 0. The van der Waals surface area contributed by atoms with Gasteiger partial charge in [0.1, 0.15) is 5.75 Å². The number of halogens is 1. The number of rotatable bonds is 3. The fourth-order valence-electron chi connectivity index (χ4n) is 2.51. The van der Waals surface area contributed by atoms with Crippen molar-refractivity contribution in [3.05, 3.63) is 28.8 Å². The Bertz CT molecular complexity index is 483. The lowest BCUT2D eigenvalue weighted by molar-refractivity contribution is 0.0621. The van der Waals surface area contributed by atoms with E-state index in [0.717, 1.165) is 19.6 Å². The van der Waals surface area contributed by atoms with Crippen molar-refractivity contribution < 1.29 is 9.90 Å². The summed E-state index contributed by atoms with van der Waals surface area (Å²) in [5.41, 5.74) is 0.326. The molecule has 2 rings (SSSR count). The van der Waals surface area contributed by atoms with Crippen LogP contribution in [0.5, 0.6) is 5.75 Å². The highest BCUT2D eigenvalue weighted by molar-refractivity contribution is 6.30. The minimum atomic E-state index is -0.122. The first-order valence-electron chi connectivity index (χ1n) is 6.97. The van der Waals surface area contributed by atoms with Crippen molar-refractivity contribution in [3.8, 4) is 5.75 Å². The number of phenolic OH excluding ortho intramolecular Hbond substituents is 1. The van der Waals surface area contributed by atoms with Gasteiger partial charge in [-0.05, 0) is 24.1 Å². The Morgan fingerprint density at radius 1 is 1.30 bits per heavy atom. The normalized spacial score (nSPS) is 16.7. The molecule has 0 saturated carbocycles. The van der Waals surface area contributed by atoms with E-state index in [1.54, 1.807) is 17.0 Å². The second-order valence-electron chi connectivity index (χ2n) is 5.65. The van der Waals surface area contributed by atoms with E-state index in [9.17, 15) is 9.90 Å². The zero-order valence-electron chi connectivity index (χ0n) is 12.0. The smallest absolute Gasteiger partial charge is 0.257 e. The van der Waals surface area contributed by atoms with Gasteiger partial charge in [0.25, 0.3) is 5.91 Å². The summed E-state index contributed by atoms with van der Waals surface area (Å²) < 4.78 is 0. The summed E-state index contributed by atoms with van der Waals surface area (Å²) in [4.78, 5) is 16.5. The van der Waals surface area contributed by atoms with E-state index >= 15 is 0 Å². The van der Waals surface area contributed by atoms with Gasteiger partial charge in [0.15, 0.2) is 0 Å². The van der Waals surface area contributed by atoms with E-state index in [4.69, 9.17) is 11.6 Å². The lowest BCUT2D eigenvalue weighted by atomic mass is 10.1. The molecule has 1 amide bonds. The van der Waals surface area contributed by atoms with Crippen LogP contribution < -0.4 is 0 Å². The Morgan fingerprint density at radius 3 is 2.50 bits per heavy atom. The maximum atomic E-state index is 12.4. The molecule has 0 spiro atoms. The summed E-state index contributed by atoms with van der Waals surface area (Å²) in [5.74, 6) is 0.466. The fraction of sp³-hybridized carbons (Fsp3) is 0.533. The van der Waals surface area contributed by atoms with Gasteiger partial charge in [0.05, 0.1) is 5.56 Å². The van der Waals surface area contributed by atoms with Gasteiger partial charge in [-0.1, -0.05) is 25.4 Å². The molecular formula is C15H21ClN2O2. The second-order valence-corrected chi connectivity index (χ2v) is 6.08. The van der Waals surface area contributed by atoms with Crippen molar-refractivity contribution in [2.45, 2.75) is 13.8 Å². The maximum absolute atomic E-state index is 12.4. The molecule has 20 heavy (non-hydrogen) atoms. The van der Waals surface area contributed by atoms with Gasteiger partial charge in [-0.3, -0.25) is 9.69 Å². The molecule has 1 N–H and O–H groups in total. The lowest BCUT2D eigenvalue weighted by Crippen LogP contribution is -2.49. The zero-order valence-corrected chi connectivity index (χ0v) is 12.7. The van der Waals surface area contributed by atoms with Crippen LogP contribution in [-0.2, 0) is 0 Å². The molecule has 1 aromatic carbocycles. The SMILES string of the molecule is CC(C)CN1CCN(C(=O)c2ccc(Cl)cc2O)CC1. The van der Waals surface area contributed by atoms with Gasteiger partial charge in [-0.15, -0.1) is 0 Å². The van der Waals surface area contributed by atoms with Crippen LogP contribution >= 0.6 is 11.6 Å². The van der Waals surface area contributed by atoms with Gasteiger partial charge >= 0.3 is 0 Å². The van der Waals surface area contributed by atoms with E-state index in [1.807, 2.05) is 0 Å². The van der Waals surface area contributed by atoms with E-state index in [2.05, 4.69) is 18.7 Å². The molecule has 0 radical (unpaired) electrons. The highest BCUT2D eigenvalue weighted by atomic mass is 35.5. The first-order chi connectivity index (χ1) is 9.47. The first kappa shape index (κ1) is 15.1. The molecule has 1 fully saturated rings. The maximum Gasteiger partial charge on any atom is 0.257 e. The van der Waals surface area contributed by atoms with Crippen molar-refractivity contribution in [3.63, 3.8) is 0 Å². The summed E-state index contributed by atoms with van der Waals surface area (Å²) in [6, 6.07) is 4.62. The lowest BCUT2D eigenvalue weighted by Gasteiger charge is -2.35. The van der Waals surface area contributed by atoms with Crippen molar-refractivity contribution in [2.75, 3.05) is 32.7 Å². The van der Waals surface area contributed by atoms with Gasteiger partial charge in [-0.2, -0.15) is 0 Å². The standard InChI is InChI=1S/C15H21ClN2O2/c1-11(2)10-17-5-7-18(8-6-17)15(20)13-4-3-12(16)9-14(13)19/h3-4,9,11,19H,5-8,10H2,1-2H3. The number of carbonyl (C=O) groups excluding carboxylic acids is 1. The number of carbonyl (C=O) groups is 1. The highest BCUT2D eigenvalue weighted by Crippen LogP contribution is 2.23. The van der Waals surface area contributed by atoms with E-state index in [-0.39, 0.29) is 11.7 Å². The largest absolute Gasteiger partial charge is 0.507 e. The van der Waals surface area contributed by atoms with Crippen molar-refractivity contribution in [1.29, 1.82) is 0 Å². The van der Waals surface area contributed by atoms with Crippen LogP contribution in [0.1, 0.15) is 24.2 Å². The predicted octanol–water partition coefficient (Wildman–Crippen LogP) is 2.46. The van der Waals surface area contributed by atoms with Crippen LogP contribution in [0.15, 0.2) is 18.2 Å². The molecular weight excluding hydrogens is 276 g/mol. The third kappa shape index (κ3) is 3.64. The molecule has 0 atom stereocenters. The number of piperazine rings is 1. The van der Waals surface area contributed by atoms with Crippen LogP contribution in [0.4, 0.5) is 0 Å². The van der Waals surface area contributed by atoms with Gasteiger partial charge in [-0.25, -0.2) is 0 Å². The molecule has 0 aliphatic carbocycles. The molecule has 0 bridgehead atoms. The van der Waals surface area contributed by atoms with Crippen molar-refractivity contribution in [2.24, 2.45) is 5.92 Å². The van der Waals surface area contributed by atoms with Crippen LogP contribution in [0.3, 0.4) is 0 Å². The molecule has 5 heteroatoms. The third-order valence-corrected chi connectivity index (χ3v) is 3.71. The first-order valence-corrected chi connectivity index (χ1v) is 7.35. The molecule has 1 saturated heterocycles. The molecule has 4 nitrogen and oxygen atoms in total. The minimum Gasteiger partial charge on any atom is -0.507 e. The Kier molecular flexibility index (Phi) is 4.89. The molecule has 1 aliphatic heterocycles.